The van der Waals surface area contributed by atoms with E-state index in [1.165, 1.54) is 12.1 Å². The molecule has 0 unspecified atom stereocenters. The maximum Gasteiger partial charge on any atom is 0.354 e. The van der Waals surface area contributed by atoms with Crippen LogP contribution in [0.3, 0.4) is 0 Å². The lowest BCUT2D eigenvalue weighted by atomic mass is 10.1. The molecule has 0 spiro atoms. The van der Waals surface area contributed by atoms with Gasteiger partial charge < -0.3 is 16.2 Å². The molecular formula is C14H12N4O2. The zero-order valence-corrected chi connectivity index (χ0v) is 10.5. The minimum Gasteiger partial charge on any atom is -0.477 e. The average Bonchev–Trinajstić information content (AvgIpc) is 2.46. The minimum atomic E-state index is -1.11. The second-order valence-electron chi connectivity index (χ2n) is 4.10. The molecule has 1 aromatic carbocycles. The highest BCUT2D eigenvalue weighted by Crippen LogP contribution is 2.17. The third-order valence-electron chi connectivity index (χ3n) is 2.69. The molecule has 0 atom stereocenters. The van der Waals surface area contributed by atoms with Crippen LogP contribution in [0.4, 0.5) is 11.5 Å². The fraction of sp³-hybridized carbons (Fsp3) is 0.0714. The van der Waals surface area contributed by atoms with Crippen LogP contribution in [-0.4, -0.2) is 16.1 Å². The van der Waals surface area contributed by atoms with E-state index in [4.69, 9.17) is 16.1 Å². The van der Waals surface area contributed by atoms with Crippen LogP contribution in [0.1, 0.15) is 21.6 Å². The summed E-state index contributed by atoms with van der Waals surface area (Å²) in [4.78, 5) is 14.8. The average molecular weight is 268 g/mol. The van der Waals surface area contributed by atoms with Crippen LogP contribution in [0.2, 0.25) is 0 Å². The normalized spacial score (nSPS) is 9.75. The zero-order chi connectivity index (χ0) is 14.5. The maximum atomic E-state index is 10.8. The number of aromatic carboxylic acids is 1. The van der Waals surface area contributed by atoms with Crippen molar-refractivity contribution in [1.82, 2.24) is 4.98 Å². The van der Waals surface area contributed by atoms with Crippen molar-refractivity contribution < 1.29 is 9.90 Å². The van der Waals surface area contributed by atoms with Crippen LogP contribution >= 0.6 is 0 Å². The molecule has 0 amide bonds. The number of carboxylic acids is 1. The predicted octanol–water partition coefficient (Wildman–Crippen LogP) is 1.85. The Kier molecular flexibility index (Phi) is 3.82. The number of rotatable bonds is 4. The third-order valence-corrected chi connectivity index (χ3v) is 2.69. The van der Waals surface area contributed by atoms with Crippen molar-refractivity contribution in [1.29, 1.82) is 5.26 Å². The van der Waals surface area contributed by atoms with Crippen LogP contribution in [0.25, 0.3) is 0 Å². The van der Waals surface area contributed by atoms with E-state index in [0.29, 0.717) is 23.6 Å². The van der Waals surface area contributed by atoms with Gasteiger partial charge in [-0.3, -0.25) is 0 Å². The summed E-state index contributed by atoms with van der Waals surface area (Å²) in [7, 11) is 0. The number of hydrogen-bond acceptors (Lipinski definition) is 5. The molecule has 0 saturated heterocycles. The Bertz CT molecular complexity index is 675. The van der Waals surface area contributed by atoms with Gasteiger partial charge in [0.25, 0.3) is 0 Å². The maximum absolute atomic E-state index is 10.8. The zero-order valence-electron chi connectivity index (χ0n) is 10.5. The Morgan fingerprint density at radius 2 is 2.00 bits per heavy atom. The third kappa shape index (κ3) is 3.03. The van der Waals surface area contributed by atoms with Gasteiger partial charge in [0.2, 0.25) is 0 Å². The number of nitrogens with zero attached hydrogens (tertiary/aromatic N) is 2. The van der Waals surface area contributed by atoms with Gasteiger partial charge in [-0.1, -0.05) is 12.1 Å². The van der Waals surface area contributed by atoms with Crippen molar-refractivity contribution in [2.45, 2.75) is 6.54 Å². The molecule has 4 N–H and O–H groups in total. The van der Waals surface area contributed by atoms with Gasteiger partial charge in [0.05, 0.1) is 17.3 Å². The predicted molar refractivity (Wildman–Crippen MR) is 74.1 cm³/mol. The van der Waals surface area contributed by atoms with Crippen LogP contribution < -0.4 is 11.1 Å². The van der Waals surface area contributed by atoms with Crippen molar-refractivity contribution in [3.8, 4) is 6.07 Å². The summed E-state index contributed by atoms with van der Waals surface area (Å²) in [6, 6.07) is 11.9. The number of nitrogens with one attached hydrogen (secondary N) is 1. The second-order valence-corrected chi connectivity index (χ2v) is 4.10. The first-order valence-electron chi connectivity index (χ1n) is 5.83. The molecule has 0 fully saturated rings. The number of benzene rings is 1. The summed E-state index contributed by atoms with van der Waals surface area (Å²) in [6.45, 7) is 0.436. The number of anilines is 2. The minimum absolute atomic E-state index is 0.0680. The number of pyridine rings is 1. The monoisotopic (exact) mass is 268 g/mol. The van der Waals surface area contributed by atoms with Crippen molar-refractivity contribution in [2.75, 3.05) is 11.1 Å². The lowest BCUT2D eigenvalue weighted by Crippen LogP contribution is -2.08. The van der Waals surface area contributed by atoms with Gasteiger partial charge in [-0.25, -0.2) is 9.78 Å². The highest BCUT2D eigenvalue weighted by atomic mass is 16.4. The van der Waals surface area contributed by atoms with Gasteiger partial charge in [-0.15, -0.1) is 0 Å². The van der Waals surface area contributed by atoms with Gasteiger partial charge in [0, 0.05) is 6.54 Å². The summed E-state index contributed by atoms with van der Waals surface area (Å²) < 4.78 is 0. The van der Waals surface area contributed by atoms with Gasteiger partial charge in [0.15, 0.2) is 5.69 Å². The molecule has 2 rings (SSSR count). The largest absolute Gasteiger partial charge is 0.477 e. The molecule has 20 heavy (non-hydrogen) atoms. The summed E-state index contributed by atoms with van der Waals surface area (Å²) in [6.07, 6.45) is 0. The Hall–Kier alpha value is -3.07. The Labute approximate surface area is 115 Å². The quantitative estimate of drug-likeness (QED) is 0.780. The van der Waals surface area contributed by atoms with Crippen LogP contribution in [0.5, 0.6) is 0 Å². The topological polar surface area (TPSA) is 112 Å². The standard InChI is InChI=1S/C14H12N4O2/c15-7-9-1-3-10(4-2-9)8-17-13-11(16)5-6-12(18-13)14(19)20/h1-6H,8,16H2,(H,17,18)(H,19,20). The summed E-state index contributed by atoms with van der Waals surface area (Å²) in [5.41, 5.74) is 7.57. The van der Waals surface area contributed by atoms with Crippen molar-refractivity contribution in [3.05, 3.63) is 53.2 Å². The van der Waals surface area contributed by atoms with Crippen LogP contribution in [0.15, 0.2) is 36.4 Å². The van der Waals surface area contributed by atoms with Gasteiger partial charge >= 0.3 is 5.97 Å². The van der Waals surface area contributed by atoms with E-state index in [2.05, 4.69) is 10.3 Å². The van der Waals surface area contributed by atoms with E-state index in [1.807, 2.05) is 18.2 Å². The Balaban J connectivity index is 2.12. The molecule has 0 aliphatic carbocycles. The number of nitrogen functional groups attached to an aromatic ring is 1. The van der Waals surface area contributed by atoms with E-state index >= 15 is 0 Å². The molecule has 1 aromatic heterocycles. The molecule has 6 heteroatoms. The second kappa shape index (κ2) is 5.71. The van der Waals surface area contributed by atoms with Crippen LogP contribution in [0, 0.1) is 11.3 Å². The van der Waals surface area contributed by atoms with E-state index in [0.717, 1.165) is 5.56 Å². The van der Waals surface area contributed by atoms with Gasteiger partial charge in [0.1, 0.15) is 5.82 Å². The molecule has 100 valence electrons. The molecular weight excluding hydrogens is 256 g/mol. The van der Waals surface area contributed by atoms with E-state index < -0.39 is 5.97 Å². The summed E-state index contributed by atoms with van der Waals surface area (Å²) in [5, 5.41) is 20.6. The highest BCUT2D eigenvalue weighted by Gasteiger charge is 2.08. The van der Waals surface area contributed by atoms with Crippen molar-refractivity contribution in [3.63, 3.8) is 0 Å². The first-order chi connectivity index (χ1) is 9.60. The van der Waals surface area contributed by atoms with Crippen molar-refractivity contribution in [2.24, 2.45) is 0 Å². The SMILES string of the molecule is N#Cc1ccc(CNc2nc(C(=O)O)ccc2N)cc1. The summed E-state index contributed by atoms with van der Waals surface area (Å²) >= 11 is 0. The van der Waals surface area contributed by atoms with Crippen molar-refractivity contribution >= 4 is 17.5 Å². The lowest BCUT2D eigenvalue weighted by molar-refractivity contribution is 0.0690. The molecule has 0 aliphatic rings. The fourth-order valence-electron chi connectivity index (χ4n) is 1.61. The fourth-order valence-corrected chi connectivity index (χ4v) is 1.61. The van der Waals surface area contributed by atoms with Gasteiger partial charge in [-0.05, 0) is 29.8 Å². The molecule has 1 heterocycles. The highest BCUT2D eigenvalue weighted by molar-refractivity contribution is 5.86. The summed E-state index contributed by atoms with van der Waals surface area (Å²) in [5.74, 6) is -0.777. The number of nitrogens with two attached hydrogens (primary N) is 1. The van der Waals surface area contributed by atoms with E-state index in [1.54, 1.807) is 12.1 Å². The number of carboxylic acid groups (broad SMARTS) is 1. The number of carbonyl (C=O) groups is 1. The molecule has 0 radical (unpaired) electrons. The first-order valence-corrected chi connectivity index (χ1v) is 5.83. The lowest BCUT2D eigenvalue weighted by Gasteiger charge is -2.09. The molecule has 0 saturated carbocycles. The van der Waals surface area contributed by atoms with E-state index in [9.17, 15) is 4.79 Å². The smallest absolute Gasteiger partial charge is 0.354 e. The first kappa shape index (κ1) is 13.4. The number of aromatic nitrogens is 1. The molecule has 0 bridgehead atoms. The van der Waals surface area contributed by atoms with E-state index in [-0.39, 0.29) is 5.69 Å². The Morgan fingerprint density at radius 1 is 1.30 bits per heavy atom. The molecule has 6 nitrogen and oxygen atoms in total. The Morgan fingerprint density at radius 3 is 2.60 bits per heavy atom. The number of hydrogen-bond donors (Lipinski definition) is 3. The number of nitriles is 1. The molecule has 2 aromatic rings. The van der Waals surface area contributed by atoms with Crippen LogP contribution in [-0.2, 0) is 6.54 Å². The van der Waals surface area contributed by atoms with Gasteiger partial charge in [-0.2, -0.15) is 5.26 Å². The molecule has 0 aliphatic heterocycles.